The van der Waals surface area contributed by atoms with E-state index in [2.05, 4.69) is 0 Å². The molecule has 0 bridgehead atoms. The van der Waals surface area contributed by atoms with Gasteiger partial charge in [-0.1, -0.05) is 12.1 Å². The molecule has 1 atom stereocenters. The molecular weight excluding hydrogens is 205 g/mol. The monoisotopic (exact) mass is 219 g/mol. The molecule has 0 radical (unpaired) electrons. The van der Waals surface area contributed by atoms with Crippen LogP contribution >= 0.6 is 0 Å². The molecule has 84 valence electrons. The zero-order chi connectivity index (χ0) is 11.7. The average Bonchev–Trinajstić information content (AvgIpc) is 2.67. The molecule has 2 nitrogen and oxygen atoms in total. The molecule has 2 N–H and O–H groups in total. The summed E-state index contributed by atoms with van der Waals surface area (Å²) in [5.41, 5.74) is 8.53. The van der Waals surface area contributed by atoms with Crippen LogP contribution < -0.4 is 5.73 Å². The van der Waals surface area contributed by atoms with Crippen molar-refractivity contribution in [3.63, 3.8) is 0 Å². The molecule has 0 saturated carbocycles. The molecule has 1 heterocycles. The lowest BCUT2D eigenvalue weighted by atomic mass is 10.0. The fourth-order valence-electron chi connectivity index (χ4n) is 1.72. The molecule has 0 aliphatic carbocycles. The van der Waals surface area contributed by atoms with Gasteiger partial charge in [-0.05, 0) is 42.7 Å². The lowest BCUT2D eigenvalue weighted by Gasteiger charge is -2.11. The number of benzene rings is 1. The van der Waals surface area contributed by atoms with Gasteiger partial charge in [-0.25, -0.2) is 4.39 Å². The van der Waals surface area contributed by atoms with E-state index in [1.165, 1.54) is 6.07 Å². The Morgan fingerprint density at radius 2 is 1.94 bits per heavy atom. The molecule has 0 aliphatic rings. The number of aryl methyl sites for hydroxylation is 2. The van der Waals surface area contributed by atoms with Gasteiger partial charge in [0.05, 0.1) is 12.3 Å². The van der Waals surface area contributed by atoms with E-state index in [1.807, 2.05) is 13.0 Å². The van der Waals surface area contributed by atoms with Crippen molar-refractivity contribution < 1.29 is 8.81 Å². The highest BCUT2D eigenvalue weighted by Gasteiger charge is 2.15. The van der Waals surface area contributed by atoms with Crippen LogP contribution in [0.1, 0.15) is 28.5 Å². The third kappa shape index (κ3) is 1.86. The van der Waals surface area contributed by atoms with Gasteiger partial charge in [0.15, 0.2) is 0 Å². The van der Waals surface area contributed by atoms with Crippen LogP contribution in [0, 0.1) is 19.7 Å². The van der Waals surface area contributed by atoms with E-state index in [0.29, 0.717) is 5.56 Å². The Hall–Kier alpha value is -1.61. The van der Waals surface area contributed by atoms with Gasteiger partial charge in [0.25, 0.3) is 0 Å². The maximum absolute atomic E-state index is 13.1. The van der Waals surface area contributed by atoms with Crippen LogP contribution in [0.3, 0.4) is 0 Å². The fraction of sp³-hybridized carbons (Fsp3) is 0.231. The van der Waals surface area contributed by atoms with Gasteiger partial charge in [-0.15, -0.1) is 0 Å². The third-order valence-electron chi connectivity index (χ3n) is 2.73. The largest absolute Gasteiger partial charge is 0.467 e. The van der Waals surface area contributed by atoms with Gasteiger partial charge >= 0.3 is 0 Å². The second kappa shape index (κ2) is 4.10. The minimum absolute atomic E-state index is 0.216. The van der Waals surface area contributed by atoms with E-state index in [-0.39, 0.29) is 11.9 Å². The maximum atomic E-state index is 13.1. The molecule has 0 saturated heterocycles. The Balaban J connectivity index is 2.38. The second-order valence-corrected chi connectivity index (χ2v) is 3.95. The average molecular weight is 219 g/mol. The molecule has 16 heavy (non-hydrogen) atoms. The van der Waals surface area contributed by atoms with Crippen LogP contribution in [-0.2, 0) is 0 Å². The van der Waals surface area contributed by atoms with Crippen LogP contribution in [0.5, 0.6) is 0 Å². The van der Waals surface area contributed by atoms with E-state index in [1.54, 1.807) is 25.3 Å². The zero-order valence-corrected chi connectivity index (χ0v) is 9.33. The van der Waals surface area contributed by atoms with Crippen molar-refractivity contribution in [1.29, 1.82) is 0 Å². The van der Waals surface area contributed by atoms with Crippen LogP contribution in [-0.4, -0.2) is 0 Å². The number of hydrogen-bond donors (Lipinski definition) is 1. The predicted molar refractivity (Wildman–Crippen MR) is 60.6 cm³/mol. The number of furan rings is 1. The Bertz CT molecular complexity index is 504. The van der Waals surface area contributed by atoms with Gasteiger partial charge in [0, 0.05) is 0 Å². The summed E-state index contributed by atoms with van der Waals surface area (Å²) in [6.07, 6.45) is 1.61. The van der Waals surface area contributed by atoms with Crippen molar-refractivity contribution in [2.75, 3.05) is 0 Å². The van der Waals surface area contributed by atoms with E-state index in [4.69, 9.17) is 10.2 Å². The highest BCUT2D eigenvalue weighted by Crippen LogP contribution is 2.24. The van der Waals surface area contributed by atoms with Crippen molar-refractivity contribution in [1.82, 2.24) is 0 Å². The van der Waals surface area contributed by atoms with Gasteiger partial charge in [0.2, 0.25) is 0 Å². The zero-order valence-electron chi connectivity index (χ0n) is 9.33. The van der Waals surface area contributed by atoms with Crippen LogP contribution in [0.25, 0.3) is 0 Å². The molecule has 2 aromatic rings. The summed E-state index contributed by atoms with van der Waals surface area (Å²) < 4.78 is 18.5. The van der Waals surface area contributed by atoms with E-state index in [9.17, 15) is 4.39 Å². The fourth-order valence-corrected chi connectivity index (χ4v) is 1.72. The van der Waals surface area contributed by atoms with Gasteiger partial charge in [0.1, 0.15) is 11.6 Å². The number of nitrogens with two attached hydrogens (primary N) is 1. The summed E-state index contributed by atoms with van der Waals surface area (Å²) >= 11 is 0. The first-order chi connectivity index (χ1) is 7.59. The first-order valence-electron chi connectivity index (χ1n) is 5.15. The minimum Gasteiger partial charge on any atom is -0.467 e. The molecule has 1 aromatic carbocycles. The topological polar surface area (TPSA) is 39.2 Å². The predicted octanol–water partition coefficient (Wildman–Crippen LogP) is 3.08. The molecule has 3 heteroatoms. The van der Waals surface area contributed by atoms with E-state index < -0.39 is 0 Å². The SMILES string of the molecule is Cc1cc(C(N)c2occc2C)ccc1F. The number of rotatable bonds is 2. The summed E-state index contributed by atoms with van der Waals surface area (Å²) in [7, 11) is 0. The molecule has 2 rings (SSSR count). The third-order valence-corrected chi connectivity index (χ3v) is 2.73. The highest BCUT2D eigenvalue weighted by atomic mass is 19.1. The van der Waals surface area contributed by atoms with Crippen molar-refractivity contribution in [3.05, 3.63) is 58.8 Å². The Morgan fingerprint density at radius 3 is 2.50 bits per heavy atom. The second-order valence-electron chi connectivity index (χ2n) is 3.95. The summed E-state index contributed by atoms with van der Waals surface area (Å²) in [6.45, 7) is 3.66. The minimum atomic E-state index is -0.339. The first-order valence-corrected chi connectivity index (χ1v) is 5.15. The maximum Gasteiger partial charge on any atom is 0.127 e. The lowest BCUT2D eigenvalue weighted by Crippen LogP contribution is -2.12. The molecule has 0 aliphatic heterocycles. The van der Waals surface area contributed by atoms with Crippen molar-refractivity contribution in [2.45, 2.75) is 19.9 Å². The van der Waals surface area contributed by atoms with Crippen LogP contribution in [0.4, 0.5) is 4.39 Å². The molecular formula is C13H14FNO. The van der Waals surface area contributed by atoms with Crippen molar-refractivity contribution in [2.24, 2.45) is 5.73 Å². The Labute approximate surface area is 93.9 Å². The number of halogens is 1. The van der Waals surface area contributed by atoms with Gasteiger partial charge in [-0.3, -0.25) is 0 Å². The summed E-state index contributed by atoms with van der Waals surface area (Å²) in [5, 5.41) is 0. The molecule has 1 aromatic heterocycles. The molecule has 0 fully saturated rings. The summed E-state index contributed by atoms with van der Waals surface area (Å²) in [6, 6.07) is 6.40. The lowest BCUT2D eigenvalue weighted by molar-refractivity contribution is 0.486. The van der Waals surface area contributed by atoms with E-state index >= 15 is 0 Å². The van der Waals surface area contributed by atoms with Crippen LogP contribution in [0.15, 0.2) is 34.9 Å². The van der Waals surface area contributed by atoms with Crippen molar-refractivity contribution >= 4 is 0 Å². The van der Waals surface area contributed by atoms with Crippen molar-refractivity contribution in [3.8, 4) is 0 Å². The standard InChI is InChI=1S/C13H14FNO/c1-8-5-6-16-13(8)12(15)10-3-4-11(14)9(2)7-10/h3-7,12H,15H2,1-2H3. The molecule has 0 amide bonds. The highest BCUT2D eigenvalue weighted by molar-refractivity contribution is 5.33. The summed E-state index contributed by atoms with van der Waals surface area (Å²) in [4.78, 5) is 0. The van der Waals surface area contributed by atoms with Gasteiger partial charge < -0.3 is 10.2 Å². The molecule has 1 unspecified atom stereocenters. The van der Waals surface area contributed by atoms with Crippen LogP contribution in [0.2, 0.25) is 0 Å². The number of hydrogen-bond acceptors (Lipinski definition) is 2. The molecule has 0 spiro atoms. The Kier molecular flexibility index (Phi) is 2.79. The quantitative estimate of drug-likeness (QED) is 0.843. The first kappa shape index (κ1) is 10.9. The normalized spacial score (nSPS) is 12.8. The van der Waals surface area contributed by atoms with Gasteiger partial charge in [-0.2, -0.15) is 0 Å². The smallest absolute Gasteiger partial charge is 0.127 e. The Morgan fingerprint density at radius 1 is 1.19 bits per heavy atom. The van der Waals surface area contributed by atoms with E-state index in [0.717, 1.165) is 16.9 Å². The summed E-state index contributed by atoms with van der Waals surface area (Å²) in [5.74, 6) is 0.512.